The molecule has 1 rings (SSSR count). The summed E-state index contributed by atoms with van der Waals surface area (Å²) in [5.74, 6) is 0. The third-order valence-electron chi connectivity index (χ3n) is 1.58. The number of nitrogens with zero attached hydrogens (tertiary/aromatic N) is 1. The zero-order valence-corrected chi connectivity index (χ0v) is 7.52. The molecule has 0 aliphatic heterocycles. The second-order valence-corrected chi connectivity index (χ2v) is 3.44. The van der Waals surface area contributed by atoms with Crippen molar-refractivity contribution in [2.45, 2.75) is 17.7 Å². The number of hydrogen-bond donors (Lipinski definition) is 0. The Hall–Kier alpha value is -0.450. The van der Waals surface area contributed by atoms with Crippen molar-refractivity contribution >= 4 is 23.2 Å². The Balaban J connectivity index is 2.94. The van der Waals surface area contributed by atoms with Crippen molar-refractivity contribution in [1.82, 2.24) is 0 Å². The van der Waals surface area contributed by atoms with Gasteiger partial charge in [-0.15, -0.1) is 23.2 Å². The standard InChI is InChI=1S/C8H7Cl2N/c1-5-2-7(9)8(10)3-6(5)4-11/h2-3,7-8H,1H3. The molecule has 1 aliphatic carbocycles. The van der Waals surface area contributed by atoms with Crippen LogP contribution in [0.3, 0.4) is 0 Å². The fourth-order valence-electron chi connectivity index (χ4n) is 0.929. The van der Waals surface area contributed by atoms with Crippen molar-refractivity contribution in [2.24, 2.45) is 0 Å². The van der Waals surface area contributed by atoms with Gasteiger partial charge in [0.1, 0.15) is 0 Å². The average Bonchev–Trinajstić information content (AvgIpc) is 1.97. The Labute approximate surface area is 75.9 Å². The van der Waals surface area contributed by atoms with Gasteiger partial charge in [-0.3, -0.25) is 0 Å². The second-order valence-electron chi connectivity index (χ2n) is 2.43. The second kappa shape index (κ2) is 3.30. The van der Waals surface area contributed by atoms with E-state index in [1.165, 1.54) is 0 Å². The van der Waals surface area contributed by atoms with Gasteiger partial charge in [0.2, 0.25) is 0 Å². The van der Waals surface area contributed by atoms with Crippen LogP contribution in [0.4, 0.5) is 0 Å². The zero-order chi connectivity index (χ0) is 8.43. The predicted octanol–water partition coefficient (Wildman–Crippen LogP) is 2.61. The van der Waals surface area contributed by atoms with Gasteiger partial charge in [0.15, 0.2) is 0 Å². The Morgan fingerprint density at radius 2 is 1.91 bits per heavy atom. The summed E-state index contributed by atoms with van der Waals surface area (Å²) in [7, 11) is 0. The SMILES string of the molecule is CC1=CC(Cl)C(Cl)C=C1C#N. The number of hydrogen-bond acceptors (Lipinski definition) is 1. The molecular weight excluding hydrogens is 181 g/mol. The molecule has 1 aliphatic rings. The summed E-state index contributed by atoms with van der Waals surface area (Å²) < 4.78 is 0. The normalized spacial score (nSPS) is 30.4. The van der Waals surface area contributed by atoms with Gasteiger partial charge >= 0.3 is 0 Å². The highest BCUT2D eigenvalue weighted by molar-refractivity contribution is 6.32. The summed E-state index contributed by atoms with van der Waals surface area (Å²) in [6.07, 6.45) is 3.49. The fraction of sp³-hybridized carbons (Fsp3) is 0.375. The molecule has 0 spiro atoms. The molecule has 0 heterocycles. The third kappa shape index (κ3) is 1.77. The molecule has 2 unspecified atom stereocenters. The van der Waals surface area contributed by atoms with Gasteiger partial charge in [-0.25, -0.2) is 0 Å². The van der Waals surface area contributed by atoms with Gasteiger partial charge in [-0.2, -0.15) is 5.26 Å². The van der Waals surface area contributed by atoms with E-state index in [1.807, 2.05) is 6.92 Å². The van der Waals surface area contributed by atoms with Crippen molar-refractivity contribution < 1.29 is 0 Å². The minimum atomic E-state index is -0.255. The summed E-state index contributed by atoms with van der Waals surface area (Å²) in [4.78, 5) is 0. The predicted molar refractivity (Wildman–Crippen MR) is 46.7 cm³/mol. The number of rotatable bonds is 0. The molecule has 0 aromatic heterocycles. The quantitative estimate of drug-likeness (QED) is 0.536. The van der Waals surface area contributed by atoms with Crippen LogP contribution in [0.5, 0.6) is 0 Å². The first kappa shape index (κ1) is 8.64. The van der Waals surface area contributed by atoms with Crippen molar-refractivity contribution in [1.29, 1.82) is 5.26 Å². The van der Waals surface area contributed by atoms with Gasteiger partial charge in [0, 0.05) is 0 Å². The summed E-state index contributed by atoms with van der Waals surface area (Å²) in [6, 6.07) is 2.05. The Morgan fingerprint density at radius 3 is 2.45 bits per heavy atom. The molecule has 0 saturated heterocycles. The Kier molecular flexibility index (Phi) is 2.59. The first-order valence-electron chi connectivity index (χ1n) is 3.24. The number of halogens is 2. The molecule has 0 bridgehead atoms. The molecule has 0 radical (unpaired) electrons. The number of allylic oxidation sites excluding steroid dienone is 4. The molecule has 11 heavy (non-hydrogen) atoms. The molecule has 0 saturated carbocycles. The highest BCUT2D eigenvalue weighted by atomic mass is 35.5. The van der Waals surface area contributed by atoms with E-state index in [2.05, 4.69) is 6.07 Å². The van der Waals surface area contributed by atoms with Crippen LogP contribution in [0.1, 0.15) is 6.92 Å². The maximum atomic E-state index is 8.60. The van der Waals surface area contributed by atoms with Crippen molar-refractivity contribution in [3.63, 3.8) is 0 Å². The first-order chi connectivity index (χ1) is 5.15. The first-order valence-corrected chi connectivity index (χ1v) is 4.11. The van der Waals surface area contributed by atoms with E-state index in [0.717, 1.165) is 5.57 Å². The van der Waals surface area contributed by atoms with E-state index in [4.69, 9.17) is 28.5 Å². The minimum Gasteiger partial charge on any atom is -0.192 e. The van der Waals surface area contributed by atoms with Crippen LogP contribution >= 0.6 is 23.2 Å². The maximum absolute atomic E-state index is 8.60. The summed E-state index contributed by atoms with van der Waals surface area (Å²) >= 11 is 11.6. The molecule has 58 valence electrons. The average molecular weight is 188 g/mol. The van der Waals surface area contributed by atoms with E-state index in [0.29, 0.717) is 5.57 Å². The van der Waals surface area contributed by atoms with Crippen molar-refractivity contribution in [2.75, 3.05) is 0 Å². The zero-order valence-electron chi connectivity index (χ0n) is 6.01. The minimum absolute atomic E-state index is 0.186. The lowest BCUT2D eigenvalue weighted by atomic mass is 10.00. The van der Waals surface area contributed by atoms with Crippen LogP contribution in [0.2, 0.25) is 0 Å². The molecule has 0 aromatic carbocycles. The van der Waals surface area contributed by atoms with Gasteiger partial charge < -0.3 is 0 Å². The molecule has 0 fully saturated rings. The van der Waals surface area contributed by atoms with Crippen LogP contribution in [-0.2, 0) is 0 Å². The van der Waals surface area contributed by atoms with Crippen LogP contribution in [0.15, 0.2) is 23.3 Å². The van der Waals surface area contributed by atoms with E-state index < -0.39 is 0 Å². The summed E-state index contributed by atoms with van der Waals surface area (Å²) in [6.45, 7) is 1.85. The van der Waals surface area contributed by atoms with E-state index in [1.54, 1.807) is 12.2 Å². The van der Waals surface area contributed by atoms with Crippen LogP contribution in [0.25, 0.3) is 0 Å². The molecule has 1 nitrogen and oxygen atoms in total. The lowest BCUT2D eigenvalue weighted by molar-refractivity contribution is 1.02. The van der Waals surface area contributed by atoms with Gasteiger partial charge in [0.05, 0.1) is 22.4 Å². The molecule has 0 aromatic rings. The van der Waals surface area contributed by atoms with E-state index in [-0.39, 0.29) is 10.8 Å². The van der Waals surface area contributed by atoms with E-state index in [9.17, 15) is 0 Å². The van der Waals surface area contributed by atoms with Crippen LogP contribution < -0.4 is 0 Å². The third-order valence-corrected chi connectivity index (χ3v) is 2.51. The van der Waals surface area contributed by atoms with Gasteiger partial charge in [-0.1, -0.05) is 6.08 Å². The fourth-order valence-corrected chi connectivity index (χ4v) is 1.39. The largest absolute Gasteiger partial charge is 0.192 e. The highest BCUT2D eigenvalue weighted by Gasteiger charge is 2.18. The van der Waals surface area contributed by atoms with Crippen LogP contribution in [-0.4, -0.2) is 10.8 Å². The monoisotopic (exact) mass is 187 g/mol. The topological polar surface area (TPSA) is 23.8 Å². The van der Waals surface area contributed by atoms with E-state index >= 15 is 0 Å². The maximum Gasteiger partial charge on any atom is 0.0991 e. The smallest absolute Gasteiger partial charge is 0.0991 e. The van der Waals surface area contributed by atoms with Crippen molar-refractivity contribution in [3.05, 3.63) is 23.3 Å². The highest BCUT2D eigenvalue weighted by Crippen LogP contribution is 2.24. The Morgan fingerprint density at radius 1 is 1.36 bits per heavy atom. The summed E-state index contributed by atoms with van der Waals surface area (Å²) in [5.41, 5.74) is 1.53. The molecule has 3 heteroatoms. The Bertz CT molecular complexity index is 260. The molecule has 2 atom stereocenters. The number of alkyl halides is 2. The van der Waals surface area contributed by atoms with Gasteiger partial charge in [-0.05, 0) is 18.6 Å². The molecular formula is C8H7Cl2N. The van der Waals surface area contributed by atoms with Crippen molar-refractivity contribution in [3.8, 4) is 6.07 Å². The molecule has 0 amide bonds. The van der Waals surface area contributed by atoms with Crippen LogP contribution in [0, 0.1) is 11.3 Å². The summed E-state index contributed by atoms with van der Waals surface area (Å²) in [5, 5.41) is 8.16. The van der Waals surface area contributed by atoms with Gasteiger partial charge in [0.25, 0.3) is 0 Å². The molecule has 0 N–H and O–H groups in total. The lowest BCUT2D eigenvalue weighted by Crippen LogP contribution is -2.14. The lowest BCUT2D eigenvalue weighted by Gasteiger charge is -2.15. The number of nitriles is 1.